The van der Waals surface area contributed by atoms with Crippen molar-refractivity contribution >= 4 is 11.9 Å². The molecule has 2 aliphatic rings. The highest BCUT2D eigenvalue weighted by Crippen LogP contribution is 2.43. The van der Waals surface area contributed by atoms with Crippen molar-refractivity contribution in [1.29, 1.82) is 0 Å². The second kappa shape index (κ2) is 9.00. The van der Waals surface area contributed by atoms with Crippen molar-refractivity contribution in [3.8, 4) is 11.5 Å². The van der Waals surface area contributed by atoms with Crippen LogP contribution in [0.3, 0.4) is 0 Å². The standard InChI is InChI=1S/C25H29NO5/c1-30-21-14-17-12-13-26(24(27)18-10-6-7-11-19(18)25(28)29)23(16-8-4-3-5-9-16)20(17)15-22(21)31-2/h3-5,8-9,14-15,18-19,23H,6-7,10-13H2,1-2H3,(H,28,29)/p-1/t18-,19+,23+/m0/s1. The van der Waals surface area contributed by atoms with Crippen molar-refractivity contribution in [2.24, 2.45) is 11.8 Å². The van der Waals surface area contributed by atoms with Crippen LogP contribution in [-0.4, -0.2) is 37.5 Å². The number of methoxy groups -OCH3 is 2. The minimum Gasteiger partial charge on any atom is -0.550 e. The van der Waals surface area contributed by atoms with Crippen LogP contribution in [0.1, 0.15) is 48.4 Å². The first-order valence-corrected chi connectivity index (χ1v) is 10.9. The first-order valence-electron chi connectivity index (χ1n) is 10.9. The Hall–Kier alpha value is -3.02. The van der Waals surface area contributed by atoms with E-state index in [2.05, 4.69) is 0 Å². The molecule has 31 heavy (non-hydrogen) atoms. The van der Waals surface area contributed by atoms with E-state index < -0.39 is 17.8 Å². The average Bonchev–Trinajstić information content (AvgIpc) is 2.82. The summed E-state index contributed by atoms with van der Waals surface area (Å²) in [5, 5.41) is 11.7. The van der Waals surface area contributed by atoms with Gasteiger partial charge in [0, 0.05) is 24.3 Å². The van der Waals surface area contributed by atoms with Crippen LogP contribution >= 0.6 is 0 Å². The maximum Gasteiger partial charge on any atom is 0.227 e. The van der Waals surface area contributed by atoms with E-state index in [0.29, 0.717) is 37.3 Å². The van der Waals surface area contributed by atoms with Crippen LogP contribution in [0.2, 0.25) is 0 Å². The number of aliphatic carboxylic acids is 1. The maximum absolute atomic E-state index is 13.7. The van der Waals surface area contributed by atoms with Gasteiger partial charge in [-0.25, -0.2) is 0 Å². The number of carboxylic acid groups (broad SMARTS) is 1. The van der Waals surface area contributed by atoms with Crippen LogP contribution < -0.4 is 14.6 Å². The summed E-state index contributed by atoms with van der Waals surface area (Å²) in [5.74, 6) is -1.18. The van der Waals surface area contributed by atoms with E-state index in [9.17, 15) is 14.7 Å². The molecule has 1 aliphatic heterocycles. The van der Waals surface area contributed by atoms with Crippen molar-refractivity contribution in [1.82, 2.24) is 4.90 Å². The molecular weight excluding hydrogens is 394 g/mol. The number of benzene rings is 2. The Balaban J connectivity index is 1.78. The number of ether oxygens (including phenoxy) is 2. The first-order chi connectivity index (χ1) is 15.0. The minimum atomic E-state index is -1.11. The molecule has 6 nitrogen and oxygen atoms in total. The summed E-state index contributed by atoms with van der Waals surface area (Å²) >= 11 is 0. The molecule has 3 atom stereocenters. The lowest BCUT2D eigenvalue weighted by atomic mass is 9.77. The number of fused-ring (bicyclic) bond motifs is 1. The third-order valence-corrected chi connectivity index (χ3v) is 6.66. The molecule has 0 N–H and O–H groups in total. The SMILES string of the molecule is COc1cc2c(cc1OC)[C@@H](c1ccccc1)N(C(=O)[C@H]1CCCC[C@H]1C(=O)[O-])CC2. The molecule has 0 bridgehead atoms. The monoisotopic (exact) mass is 422 g/mol. The van der Waals surface area contributed by atoms with Gasteiger partial charge in [-0.15, -0.1) is 0 Å². The number of hydrogen-bond donors (Lipinski definition) is 0. The Bertz CT molecular complexity index is 958. The van der Waals surface area contributed by atoms with Crippen LogP contribution in [-0.2, 0) is 16.0 Å². The molecular formula is C25H28NO5-. The van der Waals surface area contributed by atoms with E-state index >= 15 is 0 Å². The molecule has 0 radical (unpaired) electrons. The van der Waals surface area contributed by atoms with Gasteiger partial charge in [-0.05, 0) is 48.1 Å². The number of amides is 1. The molecule has 164 valence electrons. The third kappa shape index (κ3) is 3.99. The Morgan fingerprint density at radius 1 is 0.968 bits per heavy atom. The highest BCUT2D eigenvalue weighted by atomic mass is 16.5. The van der Waals surface area contributed by atoms with Crippen molar-refractivity contribution in [2.75, 3.05) is 20.8 Å². The molecule has 1 aliphatic carbocycles. The fourth-order valence-corrected chi connectivity index (χ4v) is 5.10. The number of carboxylic acids is 1. The van der Waals surface area contributed by atoms with Gasteiger partial charge in [-0.2, -0.15) is 0 Å². The third-order valence-electron chi connectivity index (χ3n) is 6.66. The molecule has 0 spiro atoms. The highest BCUT2D eigenvalue weighted by Gasteiger charge is 2.40. The van der Waals surface area contributed by atoms with Gasteiger partial charge in [0.2, 0.25) is 5.91 Å². The molecule has 1 heterocycles. The molecule has 1 saturated carbocycles. The zero-order chi connectivity index (χ0) is 22.0. The molecule has 2 aromatic carbocycles. The summed E-state index contributed by atoms with van der Waals surface area (Å²) in [6.45, 7) is 0.525. The number of nitrogens with zero attached hydrogens (tertiary/aromatic N) is 1. The largest absolute Gasteiger partial charge is 0.550 e. The molecule has 6 heteroatoms. The Kier molecular flexibility index (Phi) is 6.16. The quantitative estimate of drug-likeness (QED) is 0.740. The second-order valence-electron chi connectivity index (χ2n) is 8.32. The van der Waals surface area contributed by atoms with E-state index in [0.717, 1.165) is 29.5 Å². The lowest BCUT2D eigenvalue weighted by Gasteiger charge is -2.42. The van der Waals surface area contributed by atoms with Crippen molar-refractivity contribution in [2.45, 2.75) is 38.1 Å². The van der Waals surface area contributed by atoms with Gasteiger partial charge < -0.3 is 24.3 Å². The topological polar surface area (TPSA) is 78.9 Å². The summed E-state index contributed by atoms with van der Waals surface area (Å²) in [4.78, 5) is 27.3. The number of rotatable bonds is 5. The molecule has 0 saturated heterocycles. The normalized spacial score (nSPS) is 23.0. The van der Waals surface area contributed by atoms with Crippen LogP contribution in [0.4, 0.5) is 0 Å². The van der Waals surface area contributed by atoms with Crippen LogP contribution in [0, 0.1) is 11.8 Å². The minimum absolute atomic E-state index is 0.0943. The lowest BCUT2D eigenvalue weighted by Crippen LogP contribution is -2.49. The van der Waals surface area contributed by atoms with Gasteiger partial charge in [-0.3, -0.25) is 4.79 Å². The van der Waals surface area contributed by atoms with Gasteiger partial charge >= 0.3 is 0 Å². The van der Waals surface area contributed by atoms with E-state index in [1.54, 1.807) is 14.2 Å². The smallest absolute Gasteiger partial charge is 0.227 e. The fraction of sp³-hybridized carbons (Fsp3) is 0.440. The second-order valence-corrected chi connectivity index (χ2v) is 8.32. The van der Waals surface area contributed by atoms with Crippen LogP contribution in [0.5, 0.6) is 11.5 Å². The predicted octanol–water partition coefficient (Wildman–Crippen LogP) is 2.73. The Morgan fingerprint density at radius 3 is 2.26 bits per heavy atom. The van der Waals surface area contributed by atoms with E-state index in [-0.39, 0.29) is 11.9 Å². The Morgan fingerprint density at radius 2 is 1.61 bits per heavy atom. The summed E-state index contributed by atoms with van der Waals surface area (Å²) in [6.07, 6.45) is 3.46. The first kappa shape index (κ1) is 21.2. The predicted molar refractivity (Wildman–Crippen MR) is 114 cm³/mol. The summed E-state index contributed by atoms with van der Waals surface area (Å²) < 4.78 is 11.0. The fourth-order valence-electron chi connectivity index (χ4n) is 5.10. The maximum atomic E-state index is 13.7. The van der Waals surface area contributed by atoms with E-state index in [1.165, 1.54) is 0 Å². The van der Waals surface area contributed by atoms with E-state index in [1.807, 2.05) is 47.4 Å². The summed E-state index contributed by atoms with van der Waals surface area (Å²) in [5.41, 5.74) is 3.09. The van der Waals surface area contributed by atoms with Gasteiger partial charge in [0.1, 0.15) is 0 Å². The molecule has 0 unspecified atom stereocenters. The van der Waals surface area contributed by atoms with Gasteiger partial charge in [0.15, 0.2) is 11.5 Å². The number of carbonyl (C=O) groups is 2. The van der Waals surface area contributed by atoms with Crippen molar-refractivity contribution < 1.29 is 24.2 Å². The van der Waals surface area contributed by atoms with Crippen LogP contribution in [0.25, 0.3) is 0 Å². The molecule has 1 fully saturated rings. The van der Waals surface area contributed by atoms with E-state index in [4.69, 9.17) is 9.47 Å². The number of hydrogen-bond acceptors (Lipinski definition) is 5. The summed E-state index contributed by atoms with van der Waals surface area (Å²) in [7, 11) is 3.21. The van der Waals surface area contributed by atoms with Crippen molar-refractivity contribution in [3.05, 3.63) is 59.2 Å². The Labute approximate surface area is 182 Å². The van der Waals surface area contributed by atoms with Gasteiger partial charge in [-0.1, -0.05) is 43.2 Å². The zero-order valence-corrected chi connectivity index (χ0v) is 18.0. The van der Waals surface area contributed by atoms with Gasteiger partial charge in [0.05, 0.1) is 20.3 Å². The average molecular weight is 423 g/mol. The highest BCUT2D eigenvalue weighted by molar-refractivity contribution is 5.85. The van der Waals surface area contributed by atoms with Crippen molar-refractivity contribution in [3.63, 3.8) is 0 Å². The molecule has 0 aromatic heterocycles. The lowest BCUT2D eigenvalue weighted by molar-refractivity contribution is -0.314. The zero-order valence-electron chi connectivity index (χ0n) is 18.0. The summed E-state index contributed by atoms with van der Waals surface area (Å²) in [6, 6.07) is 13.5. The van der Waals surface area contributed by atoms with Crippen LogP contribution in [0.15, 0.2) is 42.5 Å². The molecule has 1 amide bonds. The van der Waals surface area contributed by atoms with Gasteiger partial charge in [0.25, 0.3) is 0 Å². The number of carbonyl (C=O) groups excluding carboxylic acids is 2. The molecule has 4 rings (SSSR count). The molecule has 2 aromatic rings.